The topological polar surface area (TPSA) is 80.6 Å². The van der Waals surface area contributed by atoms with E-state index in [1.54, 1.807) is 0 Å². The summed E-state index contributed by atoms with van der Waals surface area (Å²) in [5, 5.41) is 18.7. The molecule has 1 aromatic rings. The molecule has 0 amide bonds. The predicted octanol–water partition coefficient (Wildman–Crippen LogP) is 16.5. The maximum Gasteiger partial charge on any atom is 0.334 e. The zero-order valence-electron chi connectivity index (χ0n) is 46.2. The van der Waals surface area contributed by atoms with Crippen molar-refractivity contribution in [2.45, 2.75) is 274 Å². The summed E-state index contributed by atoms with van der Waals surface area (Å²) in [5.41, 5.74) is 4.77. The number of benzene rings is 1. The molecule has 0 fully saturated rings. The van der Waals surface area contributed by atoms with Crippen LogP contribution in [0.15, 0.2) is 12.2 Å². The summed E-state index contributed by atoms with van der Waals surface area (Å²) in [7, 11) is -2.50. The van der Waals surface area contributed by atoms with Gasteiger partial charge in [0.2, 0.25) is 0 Å². The molecule has 392 valence electrons. The van der Waals surface area contributed by atoms with Crippen LogP contribution >= 0.6 is 0 Å². The van der Waals surface area contributed by atoms with E-state index in [0.717, 1.165) is 93.6 Å². The van der Waals surface area contributed by atoms with Crippen LogP contribution in [0.3, 0.4) is 0 Å². The van der Waals surface area contributed by atoms with Gasteiger partial charge >= 0.3 is 8.56 Å². The number of fused-ring (bicyclic) bond motifs is 1. The van der Waals surface area contributed by atoms with Crippen LogP contribution in [0.2, 0.25) is 13.1 Å². The third-order valence-electron chi connectivity index (χ3n) is 14.9. The van der Waals surface area contributed by atoms with Crippen molar-refractivity contribution in [3.05, 3.63) is 34.4 Å². The highest BCUT2D eigenvalue weighted by Gasteiger charge is 2.36. The van der Waals surface area contributed by atoms with Crippen LogP contribution < -0.4 is 9.47 Å². The predicted molar refractivity (Wildman–Crippen MR) is 290 cm³/mol. The van der Waals surface area contributed by atoms with Gasteiger partial charge in [0.1, 0.15) is 17.1 Å². The minimum Gasteiger partial charge on any atom is -0.487 e. The van der Waals surface area contributed by atoms with Crippen LogP contribution in [0.25, 0.3) is 0 Å². The first-order chi connectivity index (χ1) is 32.1. The number of ether oxygens (including phenoxy) is 2. The van der Waals surface area contributed by atoms with Gasteiger partial charge in [0.15, 0.2) is 6.29 Å². The molecular weight excluding hydrogens is 847 g/mol. The first kappa shape index (κ1) is 61.7. The fraction of sp³-hybridized carbons (Fsp3) is 0.864. The summed E-state index contributed by atoms with van der Waals surface area (Å²) in [6, 6.07) is 0. The number of rotatable bonds is 43. The minimum absolute atomic E-state index is 0.132. The Balaban J connectivity index is 1.99. The second-order valence-electron chi connectivity index (χ2n) is 22.4. The Kier molecular flexibility index (Phi) is 33.6. The zero-order valence-corrected chi connectivity index (χ0v) is 47.2. The quantitative estimate of drug-likeness (QED) is 0.0292. The number of hydrogen-bond acceptors (Lipinski definition) is 7. The van der Waals surface area contributed by atoms with Gasteiger partial charge in [-0.1, -0.05) is 156 Å². The highest BCUT2D eigenvalue weighted by molar-refractivity contribution is 6.64. The van der Waals surface area contributed by atoms with E-state index in [1.165, 1.54) is 151 Å². The molecule has 0 spiro atoms. The zero-order chi connectivity index (χ0) is 49.3. The van der Waals surface area contributed by atoms with E-state index in [-0.39, 0.29) is 25.1 Å². The smallest absolute Gasteiger partial charge is 0.334 e. The summed E-state index contributed by atoms with van der Waals surface area (Å²) >= 11 is 0. The molecule has 0 saturated heterocycles. The van der Waals surface area contributed by atoms with Gasteiger partial charge < -0.3 is 28.5 Å². The first-order valence-electron chi connectivity index (χ1n) is 28.5. The Labute approximate surface area is 417 Å². The summed E-state index contributed by atoms with van der Waals surface area (Å²) in [4.78, 5) is 2.13. The van der Waals surface area contributed by atoms with Gasteiger partial charge in [0, 0.05) is 31.7 Å². The van der Waals surface area contributed by atoms with Crippen LogP contribution in [0.1, 0.15) is 244 Å². The van der Waals surface area contributed by atoms with Crippen LogP contribution in [0.4, 0.5) is 0 Å². The van der Waals surface area contributed by atoms with Crippen LogP contribution in [0.5, 0.6) is 11.5 Å². The van der Waals surface area contributed by atoms with Gasteiger partial charge in [-0.25, -0.2) is 0 Å². The molecular formula is C59H111NO6Si. The van der Waals surface area contributed by atoms with Gasteiger partial charge in [0.05, 0.1) is 13.2 Å². The first-order valence-corrected chi connectivity index (χ1v) is 31.4. The van der Waals surface area contributed by atoms with Gasteiger partial charge in [-0.2, -0.15) is 0 Å². The Hall–Kier alpha value is -1.42. The summed E-state index contributed by atoms with van der Waals surface area (Å²) in [5.74, 6) is 4.53. The molecule has 2 rings (SSSR count). The molecule has 0 bridgehead atoms. The van der Waals surface area contributed by atoms with Crippen LogP contribution in [-0.4, -0.2) is 75.0 Å². The molecule has 2 N–H and O–H groups in total. The van der Waals surface area contributed by atoms with Gasteiger partial charge in [-0.05, 0) is 152 Å². The van der Waals surface area contributed by atoms with Crippen molar-refractivity contribution in [1.29, 1.82) is 0 Å². The lowest BCUT2D eigenvalue weighted by molar-refractivity contribution is -0.0317. The van der Waals surface area contributed by atoms with Gasteiger partial charge in [0.25, 0.3) is 0 Å². The largest absolute Gasteiger partial charge is 0.487 e. The van der Waals surface area contributed by atoms with Gasteiger partial charge in [-0.15, -0.1) is 0 Å². The van der Waals surface area contributed by atoms with Crippen molar-refractivity contribution in [3.63, 3.8) is 0 Å². The van der Waals surface area contributed by atoms with Crippen LogP contribution in [-0.2, 0) is 15.3 Å². The average Bonchev–Trinajstić information content (AvgIpc) is 3.27. The Morgan fingerprint density at radius 1 is 0.642 bits per heavy atom. The third-order valence-corrected chi connectivity index (χ3v) is 16.6. The van der Waals surface area contributed by atoms with Gasteiger partial charge in [-0.3, -0.25) is 4.90 Å². The molecule has 8 heteroatoms. The molecule has 0 radical (unpaired) electrons. The number of aliphatic hydroxyl groups is 2. The van der Waals surface area contributed by atoms with E-state index in [2.05, 4.69) is 92.5 Å². The van der Waals surface area contributed by atoms with Crippen molar-refractivity contribution >= 4 is 8.56 Å². The Morgan fingerprint density at radius 2 is 1.19 bits per heavy atom. The molecule has 4 unspecified atom stereocenters. The van der Waals surface area contributed by atoms with Crippen molar-refractivity contribution in [2.24, 2.45) is 17.8 Å². The lowest BCUT2D eigenvalue weighted by Crippen LogP contribution is -2.41. The van der Waals surface area contributed by atoms with E-state index >= 15 is 0 Å². The minimum atomic E-state index is -2.50. The highest BCUT2D eigenvalue weighted by atomic mass is 28.4. The molecule has 1 heterocycles. The van der Waals surface area contributed by atoms with Crippen molar-refractivity contribution in [3.8, 4) is 11.5 Å². The van der Waals surface area contributed by atoms with Crippen LogP contribution in [0, 0.1) is 38.5 Å². The van der Waals surface area contributed by atoms with E-state index in [9.17, 15) is 10.2 Å². The molecule has 1 aliphatic heterocycles. The lowest BCUT2D eigenvalue weighted by atomic mass is 9.83. The number of allylic oxidation sites excluding steroid dienone is 2. The monoisotopic (exact) mass is 958 g/mol. The number of unbranched alkanes of at least 4 members (excludes halogenated alkanes) is 14. The maximum absolute atomic E-state index is 9.33. The molecule has 0 saturated carbocycles. The van der Waals surface area contributed by atoms with E-state index in [0.29, 0.717) is 19.7 Å². The Bertz CT molecular complexity index is 1410. The molecule has 7 nitrogen and oxygen atoms in total. The summed E-state index contributed by atoms with van der Waals surface area (Å²) in [6.45, 7) is 28.4. The number of nitrogens with zero attached hydrogens (tertiary/aromatic N) is 1. The third kappa shape index (κ3) is 27.7. The summed E-state index contributed by atoms with van der Waals surface area (Å²) < 4.78 is 27.6. The fourth-order valence-corrected chi connectivity index (χ4v) is 11.7. The SMILES string of the molecule is CCCCCCCC/C=C\CCCCCCCC(Oc1c(C)c(C)c2c(c1C)CCC(C)(CCCC(C)CCCC(C)CCCC(C)C)O2)O[Si](C)(C)OCCCCCCN(CCO)CCO. The van der Waals surface area contributed by atoms with Crippen molar-refractivity contribution in [2.75, 3.05) is 39.5 Å². The second-order valence-corrected chi connectivity index (χ2v) is 25.7. The molecule has 1 aromatic carbocycles. The highest BCUT2D eigenvalue weighted by Crippen LogP contribution is 2.45. The fourth-order valence-electron chi connectivity index (χ4n) is 10.2. The normalized spacial score (nSPS) is 16.8. The van der Waals surface area contributed by atoms with Crippen molar-refractivity contribution in [1.82, 2.24) is 4.90 Å². The molecule has 4 atom stereocenters. The average molecular weight is 959 g/mol. The number of aliphatic hydroxyl groups excluding tert-OH is 2. The number of hydrogen-bond donors (Lipinski definition) is 2. The molecule has 1 aliphatic rings. The van der Waals surface area contributed by atoms with E-state index < -0.39 is 8.56 Å². The maximum atomic E-state index is 9.33. The van der Waals surface area contributed by atoms with E-state index in [4.69, 9.17) is 18.3 Å². The Morgan fingerprint density at radius 3 is 1.81 bits per heavy atom. The standard InChI is InChI=1S/C59H111NO6Si/c1-12-13-14-15-16-17-18-19-20-21-22-23-24-25-28-39-56(66-67(10,11)63-48-30-27-26-29-43-60(44-46-61)45-47-62)64-57-52(6)53(7)58-55(54(57)8)40-42-59(9,65-58)41-33-38-51(5)37-32-36-50(4)35-31-34-49(2)3/h19-20,49-51,56,61-62H,12-18,21-48H2,1-11H3/b20-19-. The molecule has 67 heavy (non-hydrogen) atoms. The van der Waals surface area contributed by atoms with E-state index in [1.807, 2.05) is 0 Å². The molecule has 0 aliphatic carbocycles. The summed E-state index contributed by atoms with van der Waals surface area (Å²) in [6.07, 6.45) is 40.2. The second kappa shape index (κ2) is 36.5. The molecule has 0 aromatic heterocycles. The van der Waals surface area contributed by atoms with Crippen molar-refractivity contribution < 1.29 is 28.5 Å². The lowest BCUT2D eigenvalue weighted by Gasteiger charge is -2.39.